The molecule has 20 heavy (non-hydrogen) atoms. The fourth-order valence-electron chi connectivity index (χ4n) is 2.64. The third kappa shape index (κ3) is 3.23. The zero-order valence-electron chi connectivity index (χ0n) is 12.4. The van der Waals surface area contributed by atoms with Crippen LogP contribution in [-0.4, -0.2) is 36.6 Å². The maximum atomic E-state index is 12.7. The van der Waals surface area contributed by atoms with Crippen molar-refractivity contribution in [2.24, 2.45) is 0 Å². The van der Waals surface area contributed by atoms with Crippen molar-refractivity contribution in [2.75, 3.05) is 20.2 Å². The van der Waals surface area contributed by atoms with Crippen LogP contribution in [0.3, 0.4) is 0 Å². The number of ether oxygens (including phenoxy) is 1. The molecule has 110 valence electrons. The van der Waals surface area contributed by atoms with Gasteiger partial charge in [0.25, 0.3) is 5.91 Å². The van der Waals surface area contributed by atoms with Gasteiger partial charge in [0.2, 0.25) is 0 Å². The van der Waals surface area contributed by atoms with Gasteiger partial charge in [-0.25, -0.2) is 0 Å². The highest BCUT2D eigenvalue weighted by atomic mass is 79.9. The van der Waals surface area contributed by atoms with Crippen LogP contribution >= 0.6 is 15.9 Å². The molecule has 1 aromatic carbocycles. The summed E-state index contributed by atoms with van der Waals surface area (Å²) in [5.41, 5.74) is 1.75. The molecule has 0 spiro atoms. The molecule has 0 aliphatic carbocycles. The second-order valence-electron chi connectivity index (χ2n) is 5.74. The molecule has 0 N–H and O–H groups in total. The van der Waals surface area contributed by atoms with Crippen LogP contribution in [0.25, 0.3) is 0 Å². The molecule has 3 nitrogen and oxygen atoms in total. The summed E-state index contributed by atoms with van der Waals surface area (Å²) in [5, 5.41) is 0. The van der Waals surface area contributed by atoms with E-state index in [1.807, 2.05) is 30.0 Å². The van der Waals surface area contributed by atoms with Crippen LogP contribution in [0, 0.1) is 6.92 Å². The van der Waals surface area contributed by atoms with Gasteiger partial charge < -0.3 is 9.64 Å². The van der Waals surface area contributed by atoms with E-state index >= 15 is 0 Å². The molecule has 0 radical (unpaired) electrons. The van der Waals surface area contributed by atoms with Crippen molar-refractivity contribution in [1.82, 2.24) is 4.90 Å². The van der Waals surface area contributed by atoms with E-state index in [2.05, 4.69) is 22.9 Å². The zero-order valence-corrected chi connectivity index (χ0v) is 14.0. The van der Waals surface area contributed by atoms with E-state index in [1.165, 1.54) is 0 Å². The van der Waals surface area contributed by atoms with E-state index in [9.17, 15) is 4.79 Å². The predicted molar refractivity (Wildman–Crippen MR) is 84.0 cm³/mol. The van der Waals surface area contributed by atoms with Gasteiger partial charge in [-0.3, -0.25) is 4.79 Å². The number of halogens is 1. The molecule has 1 aliphatic rings. The molecule has 1 heterocycles. The summed E-state index contributed by atoms with van der Waals surface area (Å²) >= 11 is 3.53. The molecule has 0 saturated carbocycles. The van der Waals surface area contributed by atoms with Crippen LogP contribution < -0.4 is 0 Å². The van der Waals surface area contributed by atoms with Gasteiger partial charge in [0, 0.05) is 24.7 Å². The average molecular weight is 340 g/mol. The molecule has 1 fully saturated rings. The molecule has 1 amide bonds. The van der Waals surface area contributed by atoms with Gasteiger partial charge in [-0.15, -0.1) is 0 Å². The van der Waals surface area contributed by atoms with Crippen molar-refractivity contribution in [3.8, 4) is 0 Å². The number of methoxy groups -OCH3 is 1. The number of hydrogen-bond acceptors (Lipinski definition) is 2. The highest BCUT2D eigenvalue weighted by Gasteiger charge is 2.29. The lowest BCUT2D eigenvalue weighted by atomic mass is 9.97. The molecule has 0 unspecified atom stereocenters. The number of benzene rings is 1. The minimum absolute atomic E-state index is 0.0983. The summed E-state index contributed by atoms with van der Waals surface area (Å²) in [5.74, 6) is 0.112. The molecule has 1 aromatic rings. The van der Waals surface area contributed by atoms with Gasteiger partial charge in [0.05, 0.1) is 11.2 Å². The maximum Gasteiger partial charge on any atom is 0.255 e. The molecular weight excluding hydrogens is 318 g/mol. The van der Waals surface area contributed by atoms with Gasteiger partial charge in [-0.05, 0) is 60.7 Å². The molecule has 1 atom stereocenters. The topological polar surface area (TPSA) is 29.5 Å². The number of carbonyl (C=O) groups is 1. The quantitative estimate of drug-likeness (QED) is 0.820. The smallest absolute Gasteiger partial charge is 0.255 e. The van der Waals surface area contributed by atoms with E-state index in [-0.39, 0.29) is 11.5 Å². The maximum absolute atomic E-state index is 12.7. The Kier molecular flexibility index (Phi) is 4.86. The van der Waals surface area contributed by atoms with Crippen LogP contribution in [0.1, 0.15) is 42.1 Å². The van der Waals surface area contributed by atoms with E-state index in [4.69, 9.17) is 4.74 Å². The Hall–Kier alpha value is -0.870. The first-order valence-corrected chi connectivity index (χ1v) is 7.86. The normalized spacial score (nSPS) is 23.5. The predicted octanol–water partition coefficient (Wildman–Crippen LogP) is 3.79. The Labute approximate surface area is 129 Å². The number of amides is 1. The number of nitrogens with zero attached hydrogens (tertiary/aromatic N) is 1. The molecular formula is C16H22BrNO2. The Morgan fingerprint density at radius 3 is 2.80 bits per heavy atom. The lowest BCUT2D eigenvalue weighted by Crippen LogP contribution is -2.34. The summed E-state index contributed by atoms with van der Waals surface area (Å²) in [7, 11) is 1.76. The van der Waals surface area contributed by atoms with Crippen LogP contribution in [0.5, 0.6) is 0 Å². The second kappa shape index (κ2) is 6.27. The van der Waals surface area contributed by atoms with Crippen LogP contribution in [0.4, 0.5) is 0 Å². The number of carbonyl (C=O) groups excluding carboxylic acids is 1. The Bertz CT molecular complexity index is 503. The lowest BCUT2D eigenvalue weighted by molar-refractivity contribution is -0.00537. The van der Waals surface area contributed by atoms with Gasteiger partial charge in [-0.2, -0.15) is 0 Å². The van der Waals surface area contributed by atoms with Crippen molar-refractivity contribution in [2.45, 2.75) is 38.7 Å². The average Bonchev–Trinajstić information content (AvgIpc) is 2.64. The molecule has 2 rings (SSSR count). The second-order valence-corrected chi connectivity index (χ2v) is 6.53. The van der Waals surface area contributed by atoms with Gasteiger partial charge in [0.1, 0.15) is 0 Å². The zero-order chi connectivity index (χ0) is 14.8. The standard InChI is InChI=1S/C16H22BrNO2/c1-12-6-4-7-13(14(12)17)15(19)18-10-5-8-16(2,20-3)9-11-18/h4,6-7H,5,8-11H2,1-3H3/t16-/m1/s1. The molecule has 0 bridgehead atoms. The van der Waals surface area contributed by atoms with E-state index < -0.39 is 0 Å². The Morgan fingerprint density at radius 1 is 1.35 bits per heavy atom. The van der Waals surface area contributed by atoms with Crippen LogP contribution in [-0.2, 0) is 4.74 Å². The summed E-state index contributed by atoms with van der Waals surface area (Å²) in [6, 6.07) is 5.83. The summed E-state index contributed by atoms with van der Waals surface area (Å²) < 4.78 is 6.49. The molecule has 1 saturated heterocycles. The highest BCUT2D eigenvalue weighted by Crippen LogP contribution is 2.27. The minimum atomic E-state index is -0.0983. The Morgan fingerprint density at radius 2 is 2.10 bits per heavy atom. The van der Waals surface area contributed by atoms with Crippen LogP contribution in [0.2, 0.25) is 0 Å². The first-order chi connectivity index (χ1) is 9.47. The largest absolute Gasteiger partial charge is 0.378 e. The van der Waals surface area contributed by atoms with Crippen molar-refractivity contribution >= 4 is 21.8 Å². The van der Waals surface area contributed by atoms with Gasteiger partial charge in [0.15, 0.2) is 0 Å². The van der Waals surface area contributed by atoms with Gasteiger partial charge in [-0.1, -0.05) is 12.1 Å². The SMILES string of the molecule is CO[C@]1(C)CCCN(C(=O)c2cccc(C)c2Br)CC1. The number of likely N-dealkylation sites (tertiary alicyclic amines) is 1. The summed E-state index contributed by atoms with van der Waals surface area (Å²) in [6.07, 6.45) is 2.88. The van der Waals surface area contributed by atoms with E-state index in [1.54, 1.807) is 7.11 Å². The number of aryl methyl sites for hydroxylation is 1. The third-order valence-corrected chi connectivity index (χ3v) is 5.30. The van der Waals surface area contributed by atoms with E-state index in [0.29, 0.717) is 0 Å². The third-order valence-electron chi connectivity index (χ3n) is 4.25. The fraction of sp³-hybridized carbons (Fsp3) is 0.562. The molecule has 0 aromatic heterocycles. The van der Waals surface area contributed by atoms with Crippen molar-refractivity contribution in [3.63, 3.8) is 0 Å². The van der Waals surface area contributed by atoms with Crippen molar-refractivity contribution < 1.29 is 9.53 Å². The van der Waals surface area contributed by atoms with Gasteiger partial charge >= 0.3 is 0 Å². The molecule has 1 aliphatic heterocycles. The molecule has 4 heteroatoms. The minimum Gasteiger partial charge on any atom is -0.378 e. The summed E-state index contributed by atoms with van der Waals surface area (Å²) in [6.45, 7) is 5.69. The van der Waals surface area contributed by atoms with Crippen molar-refractivity contribution in [1.29, 1.82) is 0 Å². The van der Waals surface area contributed by atoms with Crippen LogP contribution in [0.15, 0.2) is 22.7 Å². The monoisotopic (exact) mass is 339 g/mol. The fourth-order valence-corrected chi connectivity index (χ4v) is 3.08. The summed E-state index contributed by atoms with van der Waals surface area (Å²) in [4.78, 5) is 14.6. The lowest BCUT2D eigenvalue weighted by Gasteiger charge is -2.26. The van der Waals surface area contributed by atoms with Crippen molar-refractivity contribution in [3.05, 3.63) is 33.8 Å². The number of rotatable bonds is 2. The highest BCUT2D eigenvalue weighted by molar-refractivity contribution is 9.10. The Balaban J connectivity index is 2.16. The first-order valence-electron chi connectivity index (χ1n) is 7.06. The van der Waals surface area contributed by atoms with E-state index in [0.717, 1.165) is 48.0 Å². The first kappa shape index (κ1) is 15.5. The number of hydrogen-bond donors (Lipinski definition) is 0.